The molecule has 0 bridgehead atoms. The molecule has 1 unspecified atom stereocenters. The van der Waals surface area contributed by atoms with Crippen LogP contribution in [0.1, 0.15) is 36.6 Å². The third kappa shape index (κ3) is 6.06. The fourth-order valence-electron chi connectivity index (χ4n) is 4.11. The van der Waals surface area contributed by atoms with Gasteiger partial charge in [-0.1, -0.05) is 5.92 Å². The van der Waals surface area contributed by atoms with Crippen molar-refractivity contribution in [3.8, 4) is 23.3 Å². The average molecular weight is 545 g/mol. The molecular formula is C25H26Cl2N6O4. The van der Waals surface area contributed by atoms with Gasteiger partial charge < -0.3 is 19.7 Å². The molecule has 194 valence electrons. The van der Waals surface area contributed by atoms with Gasteiger partial charge in [0.1, 0.15) is 29.3 Å². The number of fused-ring (bicyclic) bond motifs is 1. The van der Waals surface area contributed by atoms with Gasteiger partial charge in [0.15, 0.2) is 5.65 Å². The van der Waals surface area contributed by atoms with Gasteiger partial charge in [0, 0.05) is 49.3 Å². The molecule has 1 saturated heterocycles. The average Bonchev–Trinajstić information content (AvgIpc) is 3.53. The number of alkyl halides is 2. The number of hydrogen-bond donors (Lipinski definition) is 1. The number of hydrogen-bond acceptors (Lipinski definition) is 7. The van der Waals surface area contributed by atoms with Crippen molar-refractivity contribution in [1.29, 1.82) is 0 Å². The summed E-state index contributed by atoms with van der Waals surface area (Å²) in [7, 11) is 3.13. The Kier molecular flexibility index (Phi) is 8.69. The molecule has 0 spiro atoms. The van der Waals surface area contributed by atoms with Crippen LogP contribution in [0.3, 0.4) is 0 Å². The molecule has 1 aromatic carbocycles. The van der Waals surface area contributed by atoms with Gasteiger partial charge in [0.2, 0.25) is 11.8 Å². The van der Waals surface area contributed by atoms with Crippen LogP contribution in [0.25, 0.3) is 11.0 Å². The molecule has 10 nitrogen and oxygen atoms in total. The number of amides is 2. The Hall–Kier alpha value is -3.55. The smallest absolute Gasteiger partial charge is 0.226 e. The number of rotatable bonds is 8. The van der Waals surface area contributed by atoms with Crippen molar-refractivity contribution < 1.29 is 19.1 Å². The number of halogens is 2. The molecular weight excluding hydrogens is 519 g/mol. The third-order valence-corrected chi connectivity index (χ3v) is 6.29. The number of likely N-dealkylation sites (tertiary alicyclic amines) is 1. The maximum absolute atomic E-state index is 12.4. The van der Waals surface area contributed by atoms with E-state index >= 15 is 0 Å². The van der Waals surface area contributed by atoms with Crippen molar-refractivity contribution in [2.45, 2.75) is 25.3 Å². The summed E-state index contributed by atoms with van der Waals surface area (Å²) in [6.45, 7) is 1.07. The maximum Gasteiger partial charge on any atom is 0.226 e. The molecule has 4 rings (SSSR count). The molecule has 0 saturated carbocycles. The van der Waals surface area contributed by atoms with Crippen molar-refractivity contribution in [1.82, 2.24) is 24.6 Å². The molecule has 2 amide bonds. The number of methoxy groups -OCH3 is 2. The van der Waals surface area contributed by atoms with E-state index in [9.17, 15) is 9.59 Å². The van der Waals surface area contributed by atoms with Crippen LogP contribution in [0.2, 0.25) is 0 Å². The van der Waals surface area contributed by atoms with Gasteiger partial charge in [-0.05, 0) is 24.5 Å². The quantitative estimate of drug-likeness (QED) is 0.342. The van der Waals surface area contributed by atoms with E-state index in [-0.39, 0.29) is 42.5 Å². The number of ether oxygens (including phenoxy) is 2. The first-order valence-corrected chi connectivity index (χ1v) is 12.7. The van der Waals surface area contributed by atoms with E-state index in [2.05, 4.69) is 27.1 Å². The van der Waals surface area contributed by atoms with Crippen molar-refractivity contribution in [2.24, 2.45) is 0 Å². The molecule has 3 aromatic rings. The molecule has 1 fully saturated rings. The monoisotopic (exact) mass is 544 g/mol. The van der Waals surface area contributed by atoms with Crippen LogP contribution >= 0.6 is 23.2 Å². The summed E-state index contributed by atoms with van der Waals surface area (Å²) in [6, 6.07) is 5.21. The number of anilines is 1. The van der Waals surface area contributed by atoms with Crippen molar-refractivity contribution in [3.63, 3.8) is 0 Å². The number of aromatic nitrogens is 4. The fourth-order valence-corrected chi connectivity index (χ4v) is 4.44. The van der Waals surface area contributed by atoms with Crippen LogP contribution in [-0.2, 0) is 9.59 Å². The van der Waals surface area contributed by atoms with Gasteiger partial charge >= 0.3 is 0 Å². The maximum atomic E-state index is 12.4. The zero-order valence-corrected chi connectivity index (χ0v) is 22.0. The van der Waals surface area contributed by atoms with Gasteiger partial charge in [-0.2, -0.15) is 5.10 Å². The Morgan fingerprint density at radius 3 is 2.49 bits per heavy atom. The second-order valence-corrected chi connectivity index (χ2v) is 9.03. The highest BCUT2D eigenvalue weighted by atomic mass is 35.5. The second kappa shape index (κ2) is 12.1. The lowest BCUT2D eigenvalue weighted by atomic mass is 10.2. The number of nitrogens with one attached hydrogen (secondary N) is 1. The van der Waals surface area contributed by atoms with E-state index in [0.717, 1.165) is 0 Å². The van der Waals surface area contributed by atoms with Gasteiger partial charge in [0.05, 0.1) is 25.6 Å². The molecule has 12 heteroatoms. The largest absolute Gasteiger partial charge is 0.497 e. The summed E-state index contributed by atoms with van der Waals surface area (Å²) in [4.78, 5) is 35.2. The molecule has 1 aliphatic rings. The first-order valence-electron chi connectivity index (χ1n) is 11.6. The van der Waals surface area contributed by atoms with E-state index in [1.54, 1.807) is 42.0 Å². The summed E-state index contributed by atoms with van der Waals surface area (Å²) >= 11 is 11.5. The normalized spacial score (nSPS) is 14.8. The Labute approximate surface area is 224 Å². The highest BCUT2D eigenvalue weighted by Crippen LogP contribution is 2.30. The Morgan fingerprint density at radius 1 is 1.08 bits per heavy atom. The summed E-state index contributed by atoms with van der Waals surface area (Å²) in [5.41, 5.74) is 1.56. The van der Waals surface area contributed by atoms with E-state index in [1.807, 2.05) is 0 Å². The van der Waals surface area contributed by atoms with Gasteiger partial charge in [-0.25, -0.2) is 14.6 Å². The highest BCUT2D eigenvalue weighted by molar-refractivity contribution is 6.19. The van der Waals surface area contributed by atoms with Crippen LogP contribution in [0, 0.1) is 11.8 Å². The second-order valence-electron chi connectivity index (χ2n) is 8.27. The van der Waals surface area contributed by atoms with E-state index in [4.69, 9.17) is 37.8 Å². The molecule has 1 aliphatic heterocycles. The van der Waals surface area contributed by atoms with Crippen LogP contribution in [0.15, 0.2) is 24.5 Å². The summed E-state index contributed by atoms with van der Waals surface area (Å²) < 4.78 is 12.4. The minimum atomic E-state index is -0.280. The number of nitrogens with zero attached hydrogens (tertiary/aromatic N) is 5. The molecule has 0 radical (unpaired) electrons. The number of benzene rings is 1. The molecule has 0 aliphatic carbocycles. The number of carbonyl (C=O) groups excluding carboxylic acids is 2. The predicted octanol–water partition coefficient (Wildman–Crippen LogP) is 3.21. The predicted molar refractivity (Wildman–Crippen MR) is 140 cm³/mol. The lowest BCUT2D eigenvalue weighted by molar-refractivity contribution is -0.129. The standard InChI is InChI=1S/C25H26Cl2N6O4/c1-36-18-11-16(12-19(13-18)37-2)3-4-20-23-24(30-21(34)5-8-26)28-15-29-25(23)33(31-20)17-7-10-32(14-17)22(35)6-9-27/h11-13,15,17H,5-10,14H2,1-2H3,(H,28,29,30,34). The van der Waals surface area contributed by atoms with E-state index in [1.165, 1.54) is 6.33 Å². The minimum absolute atomic E-state index is 0.00426. The molecule has 1 atom stereocenters. The highest BCUT2D eigenvalue weighted by Gasteiger charge is 2.30. The molecule has 3 heterocycles. The van der Waals surface area contributed by atoms with Crippen molar-refractivity contribution in [3.05, 3.63) is 35.8 Å². The minimum Gasteiger partial charge on any atom is -0.497 e. The van der Waals surface area contributed by atoms with Gasteiger partial charge in [-0.15, -0.1) is 23.2 Å². The first-order chi connectivity index (χ1) is 18.0. The van der Waals surface area contributed by atoms with Crippen LogP contribution in [0.4, 0.5) is 5.82 Å². The van der Waals surface area contributed by atoms with Crippen molar-refractivity contribution in [2.75, 3.05) is 44.4 Å². The van der Waals surface area contributed by atoms with E-state index in [0.29, 0.717) is 59.1 Å². The molecule has 1 N–H and O–H groups in total. The third-order valence-electron chi connectivity index (χ3n) is 5.92. The lowest BCUT2D eigenvalue weighted by Crippen LogP contribution is -2.29. The fraction of sp³-hybridized carbons (Fsp3) is 0.400. The number of carbonyl (C=O) groups is 2. The summed E-state index contributed by atoms with van der Waals surface area (Å²) in [5, 5.41) is 8.07. The lowest BCUT2D eigenvalue weighted by Gasteiger charge is -2.16. The first kappa shape index (κ1) is 26.5. The molecule has 2 aromatic heterocycles. The summed E-state index contributed by atoms with van der Waals surface area (Å²) in [6.07, 6.45) is 2.48. The Bertz CT molecular complexity index is 1340. The SMILES string of the molecule is COc1cc(C#Cc2nn(C3CCN(C(=O)CCCl)C3)c3ncnc(NC(=O)CCCl)c23)cc(OC)c1. The zero-order valence-electron chi connectivity index (χ0n) is 20.5. The van der Waals surface area contributed by atoms with Crippen LogP contribution in [0.5, 0.6) is 11.5 Å². The molecule has 37 heavy (non-hydrogen) atoms. The topological polar surface area (TPSA) is 111 Å². The van der Waals surface area contributed by atoms with Crippen LogP contribution < -0.4 is 14.8 Å². The van der Waals surface area contributed by atoms with Gasteiger partial charge in [-0.3, -0.25) is 9.59 Å². The van der Waals surface area contributed by atoms with Gasteiger partial charge in [0.25, 0.3) is 0 Å². The van der Waals surface area contributed by atoms with Crippen LogP contribution in [-0.4, -0.2) is 75.5 Å². The van der Waals surface area contributed by atoms with E-state index < -0.39 is 0 Å². The Morgan fingerprint density at radius 2 is 1.81 bits per heavy atom. The Balaban J connectivity index is 1.77. The van der Waals surface area contributed by atoms with Crippen molar-refractivity contribution >= 4 is 51.9 Å². The summed E-state index contributed by atoms with van der Waals surface area (Å²) in [5.74, 6) is 7.88. The zero-order chi connectivity index (χ0) is 26.4.